The maximum Gasteiger partial charge on any atom is 0.240 e. The molecule has 7 heteroatoms. The highest BCUT2D eigenvalue weighted by molar-refractivity contribution is 7.89. The van der Waals surface area contributed by atoms with Gasteiger partial charge < -0.3 is 15.5 Å². The second-order valence-corrected chi connectivity index (χ2v) is 6.69. The molecule has 1 aromatic carbocycles. The molecular formula is C13H22N2O4S. The van der Waals surface area contributed by atoms with Crippen molar-refractivity contribution in [1.82, 2.24) is 4.72 Å². The van der Waals surface area contributed by atoms with Gasteiger partial charge >= 0.3 is 0 Å². The van der Waals surface area contributed by atoms with Gasteiger partial charge in [-0.25, -0.2) is 13.1 Å². The number of hydrogen-bond donors (Lipinski definition) is 4. The van der Waals surface area contributed by atoms with Crippen LogP contribution in [0.25, 0.3) is 0 Å². The van der Waals surface area contributed by atoms with Crippen molar-refractivity contribution in [3.63, 3.8) is 0 Å². The Bertz CT molecular complexity index is 510. The average molecular weight is 302 g/mol. The Morgan fingerprint density at radius 1 is 1.15 bits per heavy atom. The first kappa shape index (κ1) is 16.9. The van der Waals surface area contributed by atoms with E-state index in [4.69, 9.17) is 0 Å². The normalized spacial score (nSPS) is 12.4. The van der Waals surface area contributed by atoms with E-state index < -0.39 is 15.6 Å². The lowest BCUT2D eigenvalue weighted by molar-refractivity contribution is 0.147. The molecule has 1 aromatic rings. The highest BCUT2D eigenvalue weighted by Crippen LogP contribution is 2.18. The molecule has 0 aliphatic rings. The largest absolute Gasteiger partial charge is 0.394 e. The molecule has 0 atom stereocenters. The van der Waals surface area contributed by atoms with Crippen molar-refractivity contribution in [2.75, 3.05) is 25.1 Å². The van der Waals surface area contributed by atoms with Gasteiger partial charge in [0.25, 0.3) is 0 Å². The summed E-state index contributed by atoms with van der Waals surface area (Å²) in [5.74, 6) is 0. The Labute approximate surface area is 119 Å². The Hall–Kier alpha value is -1.15. The molecule has 0 amide bonds. The number of rotatable bonds is 8. The molecule has 0 radical (unpaired) electrons. The van der Waals surface area contributed by atoms with Crippen LogP contribution in [0.3, 0.4) is 0 Å². The van der Waals surface area contributed by atoms with Crippen molar-refractivity contribution in [3.8, 4) is 0 Å². The van der Waals surface area contributed by atoms with Crippen LogP contribution < -0.4 is 10.0 Å². The lowest BCUT2D eigenvalue weighted by Crippen LogP contribution is -2.42. The first-order chi connectivity index (χ1) is 9.37. The van der Waals surface area contributed by atoms with E-state index in [1.165, 1.54) is 12.1 Å². The molecule has 0 saturated carbocycles. The molecule has 0 bridgehead atoms. The summed E-state index contributed by atoms with van der Waals surface area (Å²) in [6.07, 6.45) is 0.726. The molecule has 0 aliphatic heterocycles. The highest BCUT2D eigenvalue weighted by Gasteiger charge is 2.22. The van der Waals surface area contributed by atoms with Crippen LogP contribution in [-0.4, -0.2) is 43.9 Å². The molecule has 0 heterocycles. The van der Waals surface area contributed by atoms with Gasteiger partial charge in [-0.15, -0.1) is 0 Å². The summed E-state index contributed by atoms with van der Waals surface area (Å²) < 4.78 is 26.3. The van der Waals surface area contributed by atoms with Crippen LogP contribution in [-0.2, 0) is 10.0 Å². The molecule has 1 rings (SSSR count). The van der Waals surface area contributed by atoms with E-state index in [-0.39, 0.29) is 18.1 Å². The Kier molecular flexibility index (Phi) is 5.94. The summed E-state index contributed by atoms with van der Waals surface area (Å²) in [5.41, 5.74) is -0.217. The van der Waals surface area contributed by atoms with E-state index in [2.05, 4.69) is 10.0 Å². The smallest absolute Gasteiger partial charge is 0.240 e. The minimum Gasteiger partial charge on any atom is -0.394 e. The van der Waals surface area contributed by atoms with E-state index in [0.29, 0.717) is 12.2 Å². The predicted molar refractivity (Wildman–Crippen MR) is 78.1 cm³/mol. The van der Waals surface area contributed by atoms with Crippen LogP contribution in [0.15, 0.2) is 29.2 Å². The first-order valence-corrected chi connectivity index (χ1v) is 7.95. The number of nitrogens with one attached hydrogen (secondary N) is 2. The van der Waals surface area contributed by atoms with Gasteiger partial charge in [0, 0.05) is 12.2 Å². The maximum atomic E-state index is 11.9. The molecule has 114 valence electrons. The fraction of sp³-hybridized carbons (Fsp3) is 0.538. The molecule has 4 N–H and O–H groups in total. The fourth-order valence-electron chi connectivity index (χ4n) is 1.51. The quantitative estimate of drug-likeness (QED) is 0.561. The molecular weight excluding hydrogens is 280 g/mol. The molecule has 0 fully saturated rings. The Morgan fingerprint density at radius 2 is 1.70 bits per heavy atom. The lowest BCUT2D eigenvalue weighted by atomic mass is 10.1. The summed E-state index contributed by atoms with van der Waals surface area (Å²) in [6, 6.07) is 6.17. The van der Waals surface area contributed by atoms with E-state index in [1.54, 1.807) is 19.1 Å². The van der Waals surface area contributed by atoms with Crippen molar-refractivity contribution >= 4 is 15.7 Å². The van der Waals surface area contributed by atoms with Gasteiger partial charge in [-0.3, -0.25) is 0 Å². The minimum absolute atomic E-state index is 0.186. The van der Waals surface area contributed by atoms with Gasteiger partial charge in [-0.05, 0) is 37.6 Å². The van der Waals surface area contributed by atoms with Crippen LogP contribution in [0.2, 0.25) is 0 Å². The third-order valence-corrected chi connectivity index (χ3v) is 4.33. The van der Waals surface area contributed by atoms with Crippen molar-refractivity contribution in [3.05, 3.63) is 24.3 Å². The number of aliphatic hydroxyl groups is 2. The summed E-state index contributed by atoms with van der Waals surface area (Å²) in [7, 11) is -3.47. The van der Waals surface area contributed by atoms with Crippen molar-refractivity contribution in [2.24, 2.45) is 0 Å². The van der Waals surface area contributed by atoms with Gasteiger partial charge in [-0.2, -0.15) is 0 Å². The molecule has 0 saturated heterocycles. The third-order valence-electron chi connectivity index (χ3n) is 2.85. The van der Waals surface area contributed by atoms with E-state index in [1.807, 2.05) is 6.92 Å². The summed E-state index contributed by atoms with van der Waals surface area (Å²) in [4.78, 5) is 0.186. The summed E-state index contributed by atoms with van der Waals surface area (Å²) >= 11 is 0. The van der Waals surface area contributed by atoms with Gasteiger partial charge in [0.05, 0.1) is 23.6 Å². The number of hydrogen-bond acceptors (Lipinski definition) is 5. The van der Waals surface area contributed by atoms with Crippen molar-refractivity contribution in [2.45, 2.75) is 30.7 Å². The van der Waals surface area contributed by atoms with Crippen LogP contribution in [0.5, 0.6) is 0 Å². The minimum atomic E-state index is -3.47. The maximum absolute atomic E-state index is 11.9. The number of benzene rings is 1. The molecule has 0 aromatic heterocycles. The van der Waals surface area contributed by atoms with Gasteiger partial charge in [-0.1, -0.05) is 6.92 Å². The highest BCUT2D eigenvalue weighted by atomic mass is 32.2. The van der Waals surface area contributed by atoms with Gasteiger partial charge in [0.1, 0.15) is 0 Å². The number of sulfonamides is 1. The van der Waals surface area contributed by atoms with Crippen LogP contribution in [0.4, 0.5) is 5.69 Å². The molecule has 0 unspecified atom stereocenters. The predicted octanol–water partition coefficient (Wildman–Crippen LogP) is 0.530. The second-order valence-electron chi connectivity index (χ2n) is 4.92. The zero-order valence-electron chi connectivity index (χ0n) is 11.8. The molecule has 0 spiro atoms. The standard InChI is InChI=1S/C13H22N2O4S/c1-3-8-14-20(18,19)12-6-4-11(5-7-12)15-13(2,9-16)10-17/h4-7,14-17H,3,8-10H2,1-2H3. The van der Waals surface area contributed by atoms with E-state index >= 15 is 0 Å². The number of aliphatic hydroxyl groups excluding tert-OH is 2. The molecule has 20 heavy (non-hydrogen) atoms. The number of anilines is 1. The Morgan fingerprint density at radius 3 is 2.15 bits per heavy atom. The SMILES string of the molecule is CCCNS(=O)(=O)c1ccc(NC(C)(CO)CO)cc1. The summed E-state index contributed by atoms with van der Waals surface area (Å²) in [6.45, 7) is 3.49. The van der Waals surface area contributed by atoms with E-state index in [0.717, 1.165) is 6.42 Å². The second kappa shape index (κ2) is 7.03. The molecule has 0 aliphatic carbocycles. The van der Waals surface area contributed by atoms with Crippen molar-refractivity contribution in [1.29, 1.82) is 0 Å². The first-order valence-electron chi connectivity index (χ1n) is 6.46. The van der Waals surface area contributed by atoms with E-state index in [9.17, 15) is 18.6 Å². The Balaban J connectivity index is 2.84. The topological polar surface area (TPSA) is 98.7 Å². The van der Waals surface area contributed by atoms with Crippen molar-refractivity contribution < 1.29 is 18.6 Å². The van der Waals surface area contributed by atoms with Crippen LogP contribution >= 0.6 is 0 Å². The zero-order chi connectivity index (χ0) is 15.2. The average Bonchev–Trinajstić information content (AvgIpc) is 2.45. The van der Waals surface area contributed by atoms with Gasteiger partial charge in [0.2, 0.25) is 10.0 Å². The van der Waals surface area contributed by atoms with Crippen LogP contribution in [0, 0.1) is 0 Å². The monoisotopic (exact) mass is 302 g/mol. The zero-order valence-corrected chi connectivity index (χ0v) is 12.6. The third kappa shape index (κ3) is 4.45. The summed E-state index contributed by atoms with van der Waals surface area (Å²) in [5, 5.41) is 21.4. The lowest BCUT2D eigenvalue weighted by Gasteiger charge is -2.27. The van der Waals surface area contributed by atoms with Crippen LogP contribution in [0.1, 0.15) is 20.3 Å². The fourth-order valence-corrected chi connectivity index (χ4v) is 2.65. The van der Waals surface area contributed by atoms with Gasteiger partial charge in [0.15, 0.2) is 0 Å². The molecule has 6 nitrogen and oxygen atoms in total.